The maximum atomic E-state index is 10.7. The lowest BCUT2D eigenvalue weighted by atomic mass is 9.85. The van der Waals surface area contributed by atoms with Gasteiger partial charge in [0.1, 0.15) is 17.2 Å². The standard InChI is InChI=1S/C25H22O9/c26-22(27)13-32-19-7-1-16(2-8-19)25(17-3-9-20(10-4-17)33-14-23(28)29)18-5-11-21(12-6-18)34-15-24(30)31/h1-12,25H,13-15H2,(H,26,27)(H,28,29)(H,30,31). The number of ether oxygens (including phenoxy) is 3. The molecule has 0 saturated carbocycles. The third kappa shape index (κ3) is 6.99. The number of carbonyl (C=O) groups is 3. The van der Waals surface area contributed by atoms with Crippen molar-refractivity contribution in [1.82, 2.24) is 0 Å². The largest absolute Gasteiger partial charge is 0.482 e. The molecule has 0 unspecified atom stereocenters. The quantitative estimate of drug-likeness (QED) is 0.343. The first kappa shape index (κ1) is 24.1. The van der Waals surface area contributed by atoms with Crippen LogP contribution in [0.15, 0.2) is 72.8 Å². The number of hydrogen-bond acceptors (Lipinski definition) is 6. The second-order valence-corrected chi connectivity index (χ2v) is 7.19. The summed E-state index contributed by atoms with van der Waals surface area (Å²) in [6.45, 7) is -1.34. The van der Waals surface area contributed by atoms with Crippen LogP contribution >= 0.6 is 0 Å². The molecular weight excluding hydrogens is 444 g/mol. The molecule has 0 spiro atoms. The molecule has 0 aliphatic carbocycles. The fraction of sp³-hybridized carbons (Fsp3) is 0.160. The fourth-order valence-corrected chi connectivity index (χ4v) is 3.28. The number of benzene rings is 3. The van der Waals surface area contributed by atoms with Gasteiger partial charge in [-0.3, -0.25) is 0 Å². The molecule has 34 heavy (non-hydrogen) atoms. The predicted molar refractivity (Wildman–Crippen MR) is 120 cm³/mol. The van der Waals surface area contributed by atoms with Gasteiger partial charge in [0, 0.05) is 5.92 Å². The summed E-state index contributed by atoms with van der Waals surface area (Å²) in [6, 6.07) is 21.0. The molecule has 0 aliphatic rings. The predicted octanol–water partition coefficient (Wildman–Crippen LogP) is 3.26. The van der Waals surface area contributed by atoms with Crippen molar-refractivity contribution in [2.24, 2.45) is 0 Å². The van der Waals surface area contributed by atoms with Crippen LogP contribution in [0.25, 0.3) is 0 Å². The van der Waals surface area contributed by atoms with Crippen LogP contribution < -0.4 is 14.2 Å². The van der Waals surface area contributed by atoms with Crippen molar-refractivity contribution in [1.29, 1.82) is 0 Å². The Kier molecular flexibility index (Phi) is 8.07. The second kappa shape index (κ2) is 11.4. The lowest BCUT2D eigenvalue weighted by Crippen LogP contribution is -2.10. The van der Waals surface area contributed by atoms with Crippen LogP contribution in [0.5, 0.6) is 17.2 Å². The third-order valence-electron chi connectivity index (χ3n) is 4.73. The van der Waals surface area contributed by atoms with Crippen molar-refractivity contribution in [3.05, 3.63) is 89.5 Å². The molecule has 3 aromatic rings. The highest BCUT2D eigenvalue weighted by atomic mass is 16.5. The number of carboxylic acid groups (broad SMARTS) is 3. The van der Waals surface area contributed by atoms with Crippen LogP contribution in [0, 0.1) is 0 Å². The van der Waals surface area contributed by atoms with Gasteiger partial charge >= 0.3 is 17.9 Å². The fourth-order valence-electron chi connectivity index (χ4n) is 3.28. The molecule has 9 nitrogen and oxygen atoms in total. The van der Waals surface area contributed by atoms with E-state index in [1.807, 2.05) is 36.4 Å². The molecule has 3 N–H and O–H groups in total. The van der Waals surface area contributed by atoms with E-state index >= 15 is 0 Å². The number of hydrogen-bond donors (Lipinski definition) is 3. The minimum atomic E-state index is -1.07. The summed E-state index contributed by atoms with van der Waals surface area (Å²) in [4.78, 5) is 32.2. The summed E-state index contributed by atoms with van der Waals surface area (Å²) in [6.07, 6.45) is 0. The normalized spacial score (nSPS) is 10.5. The maximum Gasteiger partial charge on any atom is 0.341 e. The van der Waals surface area contributed by atoms with Gasteiger partial charge in [0.2, 0.25) is 0 Å². The maximum absolute atomic E-state index is 10.7. The second-order valence-electron chi connectivity index (χ2n) is 7.19. The minimum Gasteiger partial charge on any atom is -0.482 e. The lowest BCUT2D eigenvalue weighted by Gasteiger charge is -2.20. The molecule has 0 heterocycles. The number of rotatable bonds is 12. The van der Waals surface area contributed by atoms with Gasteiger partial charge in [-0.05, 0) is 53.1 Å². The van der Waals surface area contributed by atoms with E-state index in [2.05, 4.69) is 0 Å². The molecule has 0 amide bonds. The van der Waals surface area contributed by atoms with Gasteiger partial charge in [-0.1, -0.05) is 36.4 Å². The van der Waals surface area contributed by atoms with E-state index in [1.165, 1.54) is 0 Å². The molecule has 0 saturated heterocycles. The first-order valence-corrected chi connectivity index (χ1v) is 10.2. The highest BCUT2D eigenvalue weighted by Crippen LogP contribution is 2.34. The van der Waals surface area contributed by atoms with Crippen molar-refractivity contribution in [3.8, 4) is 17.2 Å². The zero-order chi connectivity index (χ0) is 24.5. The van der Waals surface area contributed by atoms with E-state index in [-0.39, 0.29) is 5.92 Å². The molecule has 3 rings (SSSR count). The molecule has 0 aliphatic heterocycles. The van der Waals surface area contributed by atoms with E-state index in [0.717, 1.165) is 16.7 Å². The molecule has 0 atom stereocenters. The van der Waals surface area contributed by atoms with Gasteiger partial charge < -0.3 is 29.5 Å². The Hall–Kier alpha value is -4.53. The van der Waals surface area contributed by atoms with Crippen LogP contribution in [-0.2, 0) is 14.4 Å². The summed E-state index contributed by atoms with van der Waals surface area (Å²) < 4.78 is 15.6. The van der Waals surface area contributed by atoms with Gasteiger partial charge in [-0.15, -0.1) is 0 Å². The summed E-state index contributed by atoms with van der Waals surface area (Å²) in [5, 5.41) is 26.4. The first-order valence-electron chi connectivity index (χ1n) is 10.2. The zero-order valence-electron chi connectivity index (χ0n) is 17.9. The number of carboxylic acids is 3. The Morgan fingerprint density at radius 3 is 0.941 bits per heavy atom. The van der Waals surface area contributed by atoms with Crippen molar-refractivity contribution in [2.75, 3.05) is 19.8 Å². The van der Waals surface area contributed by atoms with E-state index in [0.29, 0.717) is 17.2 Å². The van der Waals surface area contributed by atoms with Gasteiger partial charge in [0.25, 0.3) is 0 Å². The summed E-state index contributed by atoms with van der Waals surface area (Å²) in [5.41, 5.74) is 2.67. The highest BCUT2D eigenvalue weighted by molar-refractivity contribution is 5.69. The summed E-state index contributed by atoms with van der Waals surface area (Å²) in [7, 11) is 0. The molecule has 0 aromatic heterocycles. The van der Waals surface area contributed by atoms with Gasteiger partial charge in [0.15, 0.2) is 19.8 Å². The van der Waals surface area contributed by atoms with Crippen LogP contribution in [-0.4, -0.2) is 53.0 Å². The van der Waals surface area contributed by atoms with E-state index in [1.54, 1.807) is 36.4 Å². The van der Waals surface area contributed by atoms with Crippen LogP contribution in [0.4, 0.5) is 0 Å². The number of aliphatic carboxylic acids is 3. The van der Waals surface area contributed by atoms with E-state index in [4.69, 9.17) is 29.5 Å². The Balaban J connectivity index is 1.89. The highest BCUT2D eigenvalue weighted by Gasteiger charge is 2.18. The average Bonchev–Trinajstić information content (AvgIpc) is 2.82. The lowest BCUT2D eigenvalue weighted by molar-refractivity contribution is -0.140. The molecule has 9 heteroatoms. The Bertz CT molecular complexity index is 974. The van der Waals surface area contributed by atoms with Crippen molar-refractivity contribution in [3.63, 3.8) is 0 Å². The van der Waals surface area contributed by atoms with Crippen LogP contribution in [0.1, 0.15) is 22.6 Å². The van der Waals surface area contributed by atoms with Crippen molar-refractivity contribution in [2.45, 2.75) is 5.92 Å². The molecule has 0 fully saturated rings. The molecule has 0 bridgehead atoms. The topological polar surface area (TPSA) is 140 Å². The summed E-state index contributed by atoms with van der Waals surface area (Å²) >= 11 is 0. The Labute approximate surface area is 194 Å². The van der Waals surface area contributed by atoms with Gasteiger partial charge in [-0.25, -0.2) is 14.4 Å². The van der Waals surface area contributed by atoms with Crippen molar-refractivity contribution >= 4 is 17.9 Å². The van der Waals surface area contributed by atoms with E-state index < -0.39 is 37.7 Å². The molecular formula is C25H22O9. The van der Waals surface area contributed by atoms with Gasteiger partial charge in [0.05, 0.1) is 0 Å². The van der Waals surface area contributed by atoms with Crippen LogP contribution in [0.2, 0.25) is 0 Å². The summed E-state index contributed by atoms with van der Waals surface area (Å²) in [5.74, 6) is -2.21. The Morgan fingerprint density at radius 2 is 0.735 bits per heavy atom. The third-order valence-corrected chi connectivity index (χ3v) is 4.73. The van der Waals surface area contributed by atoms with Crippen LogP contribution in [0.3, 0.4) is 0 Å². The first-order chi connectivity index (χ1) is 16.3. The molecule has 3 aromatic carbocycles. The molecule has 0 radical (unpaired) electrons. The smallest absolute Gasteiger partial charge is 0.341 e. The van der Waals surface area contributed by atoms with E-state index in [9.17, 15) is 14.4 Å². The molecule has 176 valence electrons. The zero-order valence-corrected chi connectivity index (χ0v) is 17.9. The average molecular weight is 466 g/mol. The monoisotopic (exact) mass is 466 g/mol. The Morgan fingerprint density at radius 1 is 0.500 bits per heavy atom. The van der Waals surface area contributed by atoms with Gasteiger partial charge in [-0.2, -0.15) is 0 Å². The minimum absolute atomic E-state index is 0.240. The van der Waals surface area contributed by atoms with Crippen molar-refractivity contribution < 1.29 is 43.9 Å². The SMILES string of the molecule is O=C(O)COc1ccc(C(c2ccc(OCC(=O)O)cc2)c2ccc(OCC(=O)O)cc2)cc1.